The number of para-hydroxylation sites is 1. The van der Waals surface area contributed by atoms with Crippen molar-refractivity contribution >= 4 is 45.5 Å². The Morgan fingerprint density at radius 3 is 2.82 bits per heavy atom. The second-order valence-electron chi connectivity index (χ2n) is 11.1. The zero-order chi connectivity index (χ0) is 31.2. The summed E-state index contributed by atoms with van der Waals surface area (Å²) in [4.78, 5) is 28.1. The third-order valence-electron chi connectivity index (χ3n) is 8.27. The number of aromatic nitrogens is 3. The molecule has 4 atom stereocenters. The highest BCUT2D eigenvalue weighted by atomic mass is 35.5. The molecule has 1 aromatic carbocycles. The average molecular weight is 635 g/mol. The molecule has 4 aromatic rings. The third kappa shape index (κ3) is 5.51. The minimum absolute atomic E-state index is 0.0174. The molecule has 0 unspecified atom stereocenters. The molecule has 0 radical (unpaired) electrons. The molecule has 2 aliphatic heterocycles. The minimum Gasteiger partial charge on any atom is -0.480 e. The van der Waals surface area contributed by atoms with Crippen LogP contribution in [0.1, 0.15) is 37.6 Å². The number of ether oxygens (including phenoxy) is 2. The van der Waals surface area contributed by atoms with Gasteiger partial charge in [-0.3, -0.25) is 4.90 Å². The predicted molar refractivity (Wildman–Crippen MR) is 154 cm³/mol. The molecule has 3 aromatic heterocycles. The smallest absolute Gasteiger partial charge is 0.326 e. The Labute approximate surface area is 254 Å². The lowest BCUT2D eigenvalue weighted by Crippen LogP contribution is -2.47. The third-order valence-corrected chi connectivity index (χ3v) is 8.48. The van der Waals surface area contributed by atoms with Gasteiger partial charge in [-0.25, -0.2) is 32.9 Å². The van der Waals surface area contributed by atoms with Crippen LogP contribution < -0.4 is 15.4 Å². The van der Waals surface area contributed by atoms with Gasteiger partial charge in [0.15, 0.2) is 17.2 Å². The number of carbonyl (C=O) groups is 1. The number of pyridine rings is 1. The van der Waals surface area contributed by atoms with E-state index in [1.54, 1.807) is 31.2 Å². The Hall–Kier alpha value is -3.72. The molecule has 2 saturated heterocycles. The number of carboxylic acids is 1. The maximum Gasteiger partial charge on any atom is 0.326 e. The van der Waals surface area contributed by atoms with Crippen molar-refractivity contribution in [3.63, 3.8) is 0 Å². The number of anilines is 1. The molecule has 2 aliphatic rings. The topological polar surface area (TPSA) is 140 Å². The summed E-state index contributed by atoms with van der Waals surface area (Å²) in [6.07, 6.45) is -2.45. The first kappa shape index (κ1) is 30.3. The number of aliphatic carboxylic acids is 1. The average Bonchev–Trinajstić information content (AvgIpc) is 3.60. The fourth-order valence-electron chi connectivity index (χ4n) is 6.10. The van der Waals surface area contributed by atoms with E-state index < -0.39 is 42.0 Å². The quantitative estimate of drug-likeness (QED) is 0.244. The number of furan rings is 1. The van der Waals surface area contributed by atoms with E-state index in [0.717, 1.165) is 0 Å². The van der Waals surface area contributed by atoms with Crippen molar-refractivity contribution in [2.75, 3.05) is 38.0 Å². The molecule has 11 nitrogen and oxygen atoms in total. The number of alkyl halides is 3. The van der Waals surface area contributed by atoms with E-state index in [1.807, 2.05) is 4.90 Å². The van der Waals surface area contributed by atoms with E-state index >= 15 is 4.39 Å². The van der Waals surface area contributed by atoms with E-state index in [0.29, 0.717) is 24.1 Å². The number of benzene rings is 1. The molecule has 6 rings (SSSR count). The molecule has 44 heavy (non-hydrogen) atoms. The van der Waals surface area contributed by atoms with E-state index in [9.17, 15) is 18.7 Å². The van der Waals surface area contributed by atoms with Gasteiger partial charge in [0.2, 0.25) is 5.88 Å². The van der Waals surface area contributed by atoms with Crippen LogP contribution in [0.2, 0.25) is 5.02 Å². The van der Waals surface area contributed by atoms with Crippen LogP contribution in [0.3, 0.4) is 0 Å². The fraction of sp³-hybridized carbons (Fsp3) is 0.448. The number of rotatable bonds is 9. The van der Waals surface area contributed by atoms with Crippen molar-refractivity contribution in [1.82, 2.24) is 19.9 Å². The van der Waals surface area contributed by atoms with Crippen LogP contribution >= 0.6 is 11.6 Å². The number of nitrogens with zero attached hydrogens (tertiary/aromatic N) is 5. The number of halogens is 4. The van der Waals surface area contributed by atoms with Crippen LogP contribution in [0.15, 0.2) is 40.9 Å². The van der Waals surface area contributed by atoms with Gasteiger partial charge in [0, 0.05) is 37.0 Å². The lowest BCUT2D eigenvalue weighted by atomic mass is 9.79. The van der Waals surface area contributed by atoms with Gasteiger partial charge in [0.05, 0.1) is 23.9 Å². The van der Waals surface area contributed by atoms with Crippen LogP contribution in [0, 0.1) is 5.92 Å². The first-order valence-corrected chi connectivity index (χ1v) is 14.5. The highest BCUT2D eigenvalue weighted by Crippen LogP contribution is 2.46. The first-order chi connectivity index (χ1) is 21.1. The van der Waals surface area contributed by atoms with Gasteiger partial charge in [0.1, 0.15) is 35.6 Å². The number of hydrogen-bond donors (Lipinski definition) is 2. The monoisotopic (exact) mass is 634 g/mol. The van der Waals surface area contributed by atoms with Gasteiger partial charge in [0.25, 0.3) is 6.43 Å². The van der Waals surface area contributed by atoms with Gasteiger partial charge in [-0.2, -0.15) is 0 Å². The molecule has 0 amide bonds. The summed E-state index contributed by atoms with van der Waals surface area (Å²) >= 11 is 6.26. The molecule has 0 aliphatic carbocycles. The summed E-state index contributed by atoms with van der Waals surface area (Å²) in [6.45, 7) is 2.79. The fourth-order valence-corrected chi connectivity index (χ4v) is 6.26. The molecule has 3 N–H and O–H groups in total. The van der Waals surface area contributed by atoms with Gasteiger partial charge < -0.3 is 29.6 Å². The molecule has 5 heterocycles. The Bertz CT molecular complexity index is 1690. The SMILES string of the molecule is C[C@H]1CN(COCN)CC[C@]1(F)c1cc(Cl)cnc1O[C@H]1C[C@@H](C(=O)O)N(c2nc(C(F)F)nc3c2oc2ccccc23)C1. The van der Waals surface area contributed by atoms with Crippen molar-refractivity contribution in [3.05, 3.63) is 52.9 Å². The summed E-state index contributed by atoms with van der Waals surface area (Å²) in [6, 6.07) is 7.04. The Balaban J connectivity index is 1.33. The maximum atomic E-state index is 16.8. The molecule has 234 valence electrons. The van der Waals surface area contributed by atoms with E-state index in [-0.39, 0.29) is 66.2 Å². The normalized spacial score (nSPS) is 24.5. The summed E-state index contributed by atoms with van der Waals surface area (Å²) in [7, 11) is 0. The van der Waals surface area contributed by atoms with Gasteiger partial charge in [-0.1, -0.05) is 30.7 Å². The lowest BCUT2D eigenvalue weighted by molar-refractivity contribution is -0.138. The summed E-state index contributed by atoms with van der Waals surface area (Å²) in [5.41, 5.74) is 4.35. The molecule has 0 saturated carbocycles. The Morgan fingerprint density at radius 1 is 1.30 bits per heavy atom. The number of carboxylic acid groups (broad SMARTS) is 1. The van der Waals surface area contributed by atoms with Crippen LogP contribution in [0.4, 0.5) is 19.0 Å². The van der Waals surface area contributed by atoms with E-state index in [4.69, 9.17) is 31.2 Å². The first-order valence-electron chi connectivity index (χ1n) is 14.1. The van der Waals surface area contributed by atoms with Crippen molar-refractivity contribution in [3.8, 4) is 5.88 Å². The summed E-state index contributed by atoms with van der Waals surface area (Å²) in [5, 5.41) is 10.8. The van der Waals surface area contributed by atoms with Crippen LogP contribution in [0.25, 0.3) is 22.1 Å². The van der Waals surface area contributed by atoms with E-state index in [1.165, 1.54) is 17.2 Å². The number of hydrogen-bond acceptors (Lipinski definition) is 10. The largest absolute Gasteiger partial charge is 0.480 e. The van der Waals surface area contributed by atoms with Crippen molar-refractivity contribution in [1.29, 1.82) is 0 Å². The van der Waals surface area contributed by atoms with Crippen LogP contribution in [0.5, 0.6) is 5.88 Å². The highest BCUT2D eigenvalue weighted by molar-refractivity contribution is 6.30. The number of nitrogens with two attached hydrogens (primary N) is 1. The Kier molecular flexibility index (Phi) is 8.26. The summed E-state index contributed by atoms with van der Waals surface area (Å²) in [5.74, 6) is -2.58. The highest BCUT2D eigenvalue weighted by Gasteiger charge is 2.46. The maximum absolute atomic E-state index is 16.8. The van der Waals surface area contributed by atoms with Crippen molar-refractivity contribution in [2.45, 2.75) is 44.0 Å². The lowest BCUT2D eigenvalue weighted by Gasteiger charge is -2.41. The molecular weight excluding hydrogens is 605 g/mol. The number of fused-ring (bicyclic) bond motifs is 3. The zero-order valence-electron chi connectivity index (χ0n) is 23.6. The summed E-state index contributed by atoms with van der Waals surface area (Å²) < 4.78 is 62.0. The van der Waals surface area contributed by atoms with Crippen LogP contribution in [-0.4, -0.2) is 76.2 Å². The van der Waals surface area contributed by atoms with Gasteiger partial charge >= 0.3 is 5.97 Å². The molecule has 0 bridgehead atoms. The van der Waals surface area contributed by atoms with Gasteiger partial charge in [-0.05, 0) is 24.6 Å². The molecule has 15 heteroatoms. The van der Waals surface area contributed by atoms with E-state index in [2.05, 4.69) is 15.0 Å². The van der Waals surface area contributed by atoms with Crippen LogP contribution in [-0.2, 0) is 15.2 Å². The number of piperidine rings is 1. The van der Waals surface area contributed by atoms with Gasteiger partial charge in [-0.15, -0.1) is 0 Å². The number of likely N-dealkylation sites (tertiary alicyclic amines) is 1. The molecule has 0 spiro atoms. The zero-order valence-corrected chi connectivity index (χ0v) is 24.4. The second kappa shape index (κ2) is 12.0. The second-order valence-corrected chi connectivity index (χ2v) is 11.5. The Morgan fingerprint density at radius 2 is 2.09 bits per heavy atom. The minimum atomic E-state index is -3.01. The molecule has 2 fully saturated rings. The molecular formula is C29H30ClF3N6O5. The van der Waals surface area contributed by atoms with Crippen molar-refractivity contribution in [2.24, 2.45) is 11.7 Å². The predicted octanol–water partition coefficient (Wildman–Crippen LogP) is 4.87. The standard InChI is InChI=1S/C29H30ClF3N6O5/c1-15-11-38(14-42-13-34)7-6-29(15,33)19-8-16(30)10-35-27(19)43-17-9-20(28(40)41)39(12-17)26-23-22(36-25(37-26)24(31)32)18-4-2-3-5-21(18)44-23/h2-5,8,10,15,17,20,24H,6-7,9,11-14,34H2,1H3,(H,40,41)/t15-,17-,20-,29+/m0/s1. The van der Waals surface area contributed by atoms with Crippen molar-refractivity contribution < 1.29 is 37.0 Å².